The van der Waals surface area contributed by atoms with Crippen molar-refractivity contribution >= 4 is 11.6 Å². The van der Waals surface area contributed by atoms with Gasteiger partial charge in [0.25, 0.3) is 0 Å². The van der Waals surface area contributed by atoms with Crippen molar-refractivity contribution in [2.24, 2.45) is 5.92 Å². The molecule has 2 heteroatoms. The summed E-state index contributed by atoms with van der Waals surface area (Å²) in [6, 6.07) is 7.99. The molecule has 0 saturated heterocycles. The molecule has 0 spiro atoms. The Morgan fingerprint density at radius 2 is 1.77 bits per heavy atom. The van der Waals surface area contributed by atoms with Crippen LogP contribution in [0.5, 0.6) is 0 Å². The maximum atomic E-state index is 12.7. The summed E-state index contributed by atoms with van der Waals surface area (Å²) in [5.74, 6) is -0.257. The molecule has 0 aliphatic heterocycles. The maximum absolute atomic E-state index is 12.7. The van der Waals surface area contributed by atoms with Gasteiger partial charge in [0, 0.05) is 23.5 Å². The van der Waals surface area contributed by atoms with Gasteiger partial charge in [0.05, 0.1) is 0 Å². The molecule has 0 aromatic heterocycles. The Kier molecular flexibility index (Phi) is 6.46. The van der Waals surface area contributed by atoms with Crippen LogP contribution in [-0.4, -0.2) is 11.6 Å². The third kappa shape index (κ3) is 4.26. The lowest BCUT2D eigenvalue weighted by molar-refractivity contribution is -0.115. The van der Waals surface area contributed by atoms with Gasteiger partial charge in [-0.25, -0.2) is 0 Å². The van der Waals surface area contributed by atoms with Crippen LogP contribution in [0.1, 0.15) is 31.9 Å². The van der Waals surface area contributed by atoms with Crippen LogP contribution in [-0.2, 0) is 16.0 Å². The number of benzene rings is 1. The van der Waals surface area contributed by atoms with Gasteiger partial charge in [-0.1, -0.05) is 67.1 Å². The summed E-state index contributed by atoms with van der Waals surface area (Å²) >= 11 is 0. The number of carbonyl (C=O) groups excluding carboxylic acids is 2. The Balaban J connectivity index is 2.52. The molecule has 0 N–H and O–H groups in total. The summed E-state index contributed by atoms with van der Waals surface area (Å²) in [5.41, 5.74) is 5.59. The van der Waals surface area contributed by atoms with Crippen LogP contribution >= 0.6 is 0 Å². The van der Waals surface area contributed by atoms with E-state index in [0.717, 1.165) is 22.3 Å². The molecule has 1 aliphatic carbocycles. The second kappa shape index (κ2) is 8.57. The number of rotatable bonds is 6. The summed E-state index contributed by atoms with van der Waals surface area (Å²) in [6.07, 6.45) is 8.86. The lowest BCUT2D eigenvalue weighted by atomic mass is 9.79. The Morgan fingerprint density at radius 3 is 2.42 bits per heavy atom. The first-order chi connectivity index (χ1) is 12.4. The van der Waals surface area contributed by atoms with Crippen LogP contribution in [0.2, 0.25) is 0 Å². The van der Waals surface area contributed by atoms with E-state index in [0.29, 0.717) is 17.6 Å². The largest absolute Gasteiger partial charge is 0.290 e. The smallest absolute Gasteiger partial charge is 0.182 e. The van der Waals surface area contributed by atoms with E-state index >= 15 is 0 Å². The molecule has 0 bridgehead atoms. The fraction of sp³-hybridized carbons (Fsp3) is 0.250. The van der Waals surface area contributed by atoms with Crippen molar-refractivity contribution in [1.29, 1.82) is 0 Å². The van der Waals surface area contributed by atoms with E-state index in [4.69, 9.17) is 0 Å². The van der Waals surface area contributed by atoms with Gasteiger partial charge >= 0.3 is 0 Å². The summed E-state index contributed by atoms with van der Waals surface area (Å²) < 4.78 is 0. The molecule has 134 valence electrons. The van der Waals surface area contributed by atoms with Crippen LogP contribution in [0.3, 0.4) is 0 Å². The Hall–Kier alpha value is -2.74. The standard InChI is InChI=1S/C24H26O2/c1-6-7-10-16(2)18(4)19(5)24-21(22(25)13-14-23(24)26)15-20-12-9-8-11-17(20)3/h6-14,19H,1,15H2,2-5H3/b10-7-,18-16+. The van der Waals surface area contributed by atoms with Crippen molar-refractivity contribution in [3.05, 3.63) is 94.6 Å². The monoisotopic (exact) mass is 346 g/mol. The van der Waals surface area contributed by atoms with E-state index in [1.807, 2.05) is 64.1 Å². The van der Waals surface area contributed by atoms with Gasteiger partial charge in [-0.3, -0.25) is 9.59 Å². The lowest BCUT2D eigenvalue weighted by Gasteiger charge is -2.23. The molecule has 26 heavy (non-hydrogen) atoms. The number of hydrogen-bond donors (Lipinski definition) is 0. The highest BCUT2D eigenvalue weighted by Crippen LogP contribution is 2.31. The van der Waals surface area contributed by atoms with Crippen molar-refractivity contribution < 1.29 is 9.59 Å². The predicted octanol–water partition coefficient (Wildman–Crippen LogP) is 5.26. The van der Waals surface area contributed by atoms with E-state index in [2.05, 4.69) is 6.58 Å². The number of allylic oxidation sites excluding steroid dienone is 9. The number of ketones is 2. The predicted molar refractivity (Wildman–Crippen MR) is 108 cm³/mol. The first-order valence-electron chi connectivity index (χ1n) is 8.87. The molecular weight excluding hydrogens is 320 g/mol. The quantitative estimate of drug-likeness (QED) is 0.520. The van der Waals surface area contributed by atoms with Gasteiger partial charge in [0.15, 0.2) is 11.6 Å². The van der Waals surface area contributed by atoms with E-state index in [1.165, 1.54) is 12.2 Å². The highest BCUT2D eigenvalue weighted by atomic mass is 16.1. The molecule has 2 rings (SSSR count). The fourth-order valence-electron chi connectivity index (χ4n) is 3.18. The molecule has 0 heterocycles. The molecule has 0 amide bonds. The molecule has 1 atom stereocenters. The van der Waals surface area contributed by atoms with Gasteiger partial charge < -0.3 is 0 Å². The van der Waals surface area contributed by atoms with Crippen molar-refractivity contribution in [3.63, 3.8) is 0 Å². The van der Waals surface area contributed by atoms with Crippen molar-refractivity contribution in [3.8, 4) is 0 Å². The minimum atomic E-state index is -0.120. The zero-order valence-corrected chi connectivity index (χ0v) is 16.0. The highest BCUT2D eigenvalue weighted by molar-refractivity contribution is 6.20. The fourth-order valence-corrected chi connectivity index (χ4v) is 3.18. The van der Waals surface area contributed by atoms with Crippen LogP contribution in [0, 0.1) is 12.8 Å². The van der Waals surface area contributed by atoms with Crippen molar-refractivity contribution in [2.75, 3.05) is 0 Å². The van der Waals surface area contributed by atoms with Gasteiger partial charge in [-0.15, -0.1) is 0 Å². The summed E-state index contributed by atoms with van der Waals surface area (Å²) in [5, 5.41) is 0. The second-order valence-electron chi connectivity index (χ2n) is 6.74. The molecule has 0 radical (unpaired) electrons. The van der Waals surface area contributed by atoms with Crippen LogP contribution in [0.15, 0.2) is 83.5 Å². The third-order valence-electron chi connectivity index (χ3n) is 5.09. The average Bonchev–Trinajstić information content (AvgIpc) is 2.63. The Labute approximate surface area is 156 Å². The molecule has 0 fully saturated rings. The third-order valence-corrected chi connectivity index (χ3v) is 5.09. The number of carbonyl (C=O) groups is 2. The minimum absolute atomic E-state index is 0.0678. The van der Waals surface area contributed by atoms with E-state index < -0.39 is 0 Å². The first-order valence-corrected chi connectivity index (χ1v) is 8.87. The Morgan fingerprint density at radius 1 is 1.12 bits per heavy atom. The van der Waals surface area contributed by atoms with Crippen LogP contribution in [0.4, 0.5) is 0 Å². The molecule has 1 aromatic carbocycles. The molecule has 1 aliphatic rings. The van der Waals surface area contributed by atoms with Crippen molar-refractivity contribution in [1.82, 2.24) is 0 Å². The van der Waals surface area contributed by atoms with Gasteiger partial charge in [0.1, 0.15) is 0 Å². The summed E-state index contributed by atoms with van der Waals surface area (Å²) in [7, 11) is 0. The molecule has 2 nitrogen and oxygen atoms in total. The van der Waals surface area contributed by atoms with Crippen LogP contribution < -0.4 is 0 Å². The number of aryl methyl sites for hydroxylation is 1. The first kappa shape index (κ1) is 19.6. The maximum Gasteiger partial charge on any atom is 0.182 e. The minimum Gasteiger partial charge on any atom is -0.290 e. The Bertz CT molecular complexity index is 860. The van der Waals surface area contributed by atoms with Gasteiger partial charge in [-0.2, -0.15) is 0 Å². The van der Waals surface area contributed by atoms with E-state index in [-0.39, 0.29) is 17.5 Å². The highest BCUT2D eigenvalue weighted by Gasteiger charge is 2.28. The number of hydrogen-bond acceptors (Lipinski definition) is 2. The van der Waals surface area contributed by atoms with E-state index in [9.17, 15) is 9.59 Å². The van der Waals surface area contributed by atoms with Crippen molar-refractivity contribution in [2.45, 2.75) is 34.1 Å². The van der Waals surface area contributed by atoms with Crippen LogP contribution in [0.25, 0.3) is 0 Å². The topological polar surface area (TPSA) is 34.1 Å². The zero-order chi connectivity index (χ0) is 19.3. The molecular formula is C24H26O2. The van der Waals surface area contributed by atoms with Gasteiger partial charge in [-0.05, 0) is 44.1 Å². The molecule has 1 aromatic rings. The SMILES string of the molecule is C=C/C=C\C(C)=C(/C)C(C)C1=C(Cc2ccccc2C)C(=O)C=CC1=O. The zero-order valence-electron chi connectivity index (χ0n) is 16.0. The van der Waals surface area contributed by atoms with E-state index in [1.54, 1.807) is 6.08 Å². The molecule has 1 unspecified atom stereocenters. The summed E-state index contributed by atoms with van der Waals surface area (Å²) in [6.45, 7) is 11.7. The van der Waals surface area contributed by atoms with Gasteiger partial charge in [0.2, 0.25) is 0 Å². The molecule has 0 saturated carbocycles. The average molecular weight is 346 g/mol. The summed E-state index contributed by atoms with van der Waals surface area (Å²) in [4.78, 5) is 25.2. The second-order valence-corrected chi connectivity index (χ2v) is 6.74. The normalized spacial score (nSPS) is 16.9. The lowest BCUT2D eigenvalue weighted by Crippen LogP contribution is -2.22.